The van der Waals surface area contributed by atoms with Gasteiger partial charge in [0.05, 0.1) is 34.5 Å². The second kappa shape index (κ2) is 17.3. The first kappa shape index (κ1) is 32.0. The second-order valence-electron chi connectivity index (χ2n) is 9.43. The summed E-state index contributed by atoms with van der Waals surface area (Å²) in [6.45, 7) is 2.10. The summed E-state index contributed by atoms with van der Waals surface area (Å²) in [6, 6.07) is 23.1. The van der Waals surface area contributed by atoms with Crippen molar-refractivity contribution in [2.24, 2.45) is 0 Å². The van der Waals surface area contributed by atoms with E-state index < -0.39 is 5.97 Å². The van der Waals surface area contributed by atoms with Gasteiger partial charge in [0, 0.05) is 25.2 Å². The molecule has 0 bridgehead atoms. The van der Waals surface area contributed by atoms with E-state index in [0.29, 0.717) is 48.9 Å². The maximum absolute atomic E-state index is 12.6. The lowest BCUT2D eigenvalue weighted by Crippen LogP contribution is -2.23. The lowest BCUT2D eigenvalue weighted by atomic mass is 9.98. The molecule has 0 aromatic heterocycles. The van der Waals surface area contributed by atoms with E-state index in [-0.39, 0.29) is 5.97 Å². The topological polar surface area (TPSA) is 83.5 Å². The summed E-state index contributed by atoms with van der Waals surface area (Å²) in [7, 11) is 6.59. The van der Waals surface area contributed by atoms with Gasteiger partial charge in [-0.3, -0.25) is 0 Å². The van der Waals surface area contributed by atoms with Crippen LogP contribution in [0.15, 0.2) is 84.9 Å². The summed E-state index contributed by atoms with van der Waals surface area (Å²) in [5.41, 5.74) is 3.45. The highest BCUT2D eigenvalue weighted by Crippen LogP contribution is 2.38. The number of rotatable bonds is 16. The van der Waals surface area contributed by atoms with E-state index in [1.807, 2.05) is 67.7 Å². The highest BCUT2D eigenvalue weighted by molar-refractivity contribution is 5.96. The van der Waals surface area contributed by atoms with Crippen LogP contribution in [0.4, 0.5) is 0 Å². The van der Waals surface area contributed by atoms with Crippen LogP contribution in [0.1, 0.15) is 29.5 Å². The first-order valence-electron chi connectivity index (χ1n) is 13.8. The van der Waals surface area contributed by atoms with Crippen molar-refractivity contribution >= 4 is 23.6 Å². The molecule has 0 N–H and O–H groups in total. The quantitative estimate of drug-likeness (QED) is 0.123. The van der Waals surface area contributed by atoms with Gasteiger partial charge in [0.2, 0.25) is 5.75 Å². The van der Waals surface area contributed by atoms with E-state index in [9.17, 15) is 9.59 Å². The summed E-state index contributed by atoms with van der Waals surface area (Å²) in [4.78, 5) is 26.8. The van der Waals surface area contributed by atoms with Crippen LogP contribution < -0.4 is 14.2 Å². The Labute approximate surface area is 248 Å². The Bertz CT molecular complexity index is 1270. The van der Waals surface area contributed by atoms with Gasteiger partial charge in [-0.25, -0.2) is 9.59 Å². The number of hydrogen-bond donors (Lipinski definition) is 0. The van der Waals surface area contributed by atoms with Crippen LogP contribution >= 0.6 is 0 Å². The molecular formula is C34H39NO7. The third-order valence-electron chi connectivity index (χ3n) is 6.39. The summed E-state index contributed by atoms with van der Waals surface area (Å²) in [6.07, 6.45) is 5.94. The number of ether oxygens (including phenoxy) is 5. The number of esters is 2. The van der Waals surface area contributed by atoms with Gasteiger partial charge in [-0.1, -0.05) is 60.7 Å². The summed E-state index contributed by atoms with van der Waals surface area (Å²) in [5.74, 6) is 0.689. The summed E-state index contributed by atoms with van der Waals surface area (Å²) < 4.78 is 26.8. The molecule has 0 aliphatic rings. The standard InChI is InChI=1S/C34H39NO7/c1-35(19-11-21-41-32(36)18-17-26-23-30(38-2)34(40-4)31(24-26)39-3)20-12-22-42-33(37)25-29(27-13-7-5-8-14-27)28-15-9-6-10-16-28/h5-10,13-18,23-25H,11-12,19-22H2,1-4H3/b18-17+. The number of hydrogen-bond acceptors (Lipinski definition) is 8. The third kappa shape index (κ3) is 10.1. The van der Waals surface area contributed by atoms with Crippen LogP contribution in [0.5, 0.6) is 17.2 Å². The summed E-state index contributed by atoms with van der Waals surface area (Å²) in [5, 5.41) is 0. The molecule has 0 saturated heterocycles. The molecule has 42 heavy (non-hydrogen) atoms. The van der Waals surface area contributed by atoms with Crippen LogP contribution in [-0.4, -0.2) is 71.5 Å². The van der Waals surface area contributed by atoms with Crippen molar-refractivity contribution in [1.82, 2.24) is 4.90 Å². The molecule has 0 fully saturated rings. The van der Waals surface area contributed by atoms with Crippen LogP contribution in [0.2, 0.25) is 0 Å². The zero-order chi connectivity index (χ0) is 30.2. The molecule has 0 spiro atoms. The first-order chi connectivity index (χ1) is 20.4. The fourth-order valence-corrected chi connectivity index (χ4v) is 4.26. The largest absolute Gasteiger partial charge is 0.493 e. The average Bonchev–Trinajstić information content (AvgIpc) is 3.03. The van der Waals surface area contributed by atoms with Crippen molar-refractivity contribution in [3.8, 4) is 17.2 Å². The van der Waals surface area contributed by atoms with Crippen LogP contribution in [-0.2, 0) is 19.1 Å². The smallest absolute Gasteiger partial charge is 0.331 e. The maximum Gasteiger partial charge on any atom is 0.331 e. The number of benzene rings is 3. The molecule has 0 aliphatic heterocycles. The van der Waals surface area contributed by atoms with Crippen molar-refractivity contribution in [2.75, 3.05) is 54.7 Å². The van der Waals surface area contributed by atoms with Crippen molar-refractivity contribution in [1.29, 1.82) is 0 Å². The maximum atomic E-state index is 12.6. The molecule has 0 amide bonds. The van der Waals surface area contributed by atoms with E-state index >= 15 is 0 Å². The number of carbonyl (C=O) groups excluding carboxylic acids is 2. The van der Waals surface area contributed by atoms with Gasteiger partial charge in [0.15, 0.2) is 11.5 Å². The lowest BCUT2D eigenvalue weighted by molar-refractivity contribution is -0.138. The molecule has 0 radical (unpaired) electrons. The van der Waals surface area contributed by atoms with Gasteiger partial charge in [-0.2, -0.15) is 0 Å². The van der Waals surface area contributed by atoms with Crippen LogP contribution in [0.25, 0.3) is 11.6 Å². The monoisotopic (exact) mass is 573 g/mol. The molecule has 0 heterocycles. The molecule has 8 nitrogen and oxygen atoms in total. The van der Waals surface area contributed by atoms with Crippen LogP contribution in [0, 0.1) is 0 Å². The predicted molar refractivity (Wildman–Crippen MR) is 164 cm³/mol. The van der Waals surface area contributed by atoms with E-state index in [4.69, 9.17) is 23.7 Å². The predicted octanol–water partition coefficient (Wildman–Crippen LogP) is 5.66. The normalized spacial score (nSPS) is 10.8. The van der Waals surface area contributed by atoms with Gasteiger partial charge in [-0.15, -0.1) is 0 Å². The SMILES string of the molecule is COc1cc(/C=C/C(=O)OCCCN(C)CCCOC(=O)C=C(c2ccccc2)c2ccccc2)cc(OC)c1OC. The van der Waals surface area contributed by atoms with Crippen LogP contribution in [0.3, 0.4) is 0 Å². The molecule has 0 aliphatic carbocycles. The van der Waals surface area contributed by atoms with Crippen molar-refractivity contribution < 1.29 is 33.3 Å². The molecular weight excluding hydrogens is 534 g/mol. The Balaban J connectivity index is 1.37. The Kier molecular flexibility index (Phi) is 13.2. The van der Waals surface area contributed by atoms with Gasteiger partial charge in [0.25, 0.3) is 0 Å². The third-order valence-corrected chi connectivity index (χ3v) is 6.39. The zero-order valence-electron chi connectivity index (χ0n) is 24.7. The van der Waals surface area contributed by atoms with Gasteiger partial charge >= 0.3 is 11.9 Å². The first-order valence-corrected chi connectivity index (χ1v) is 13.8. The molecule has 8 heteroatoms. The molecule has 3 rings (SSSR count). The Hall–Kier alpha value is -4.56. The Morgan fingerprint density at radius 2 is 1.21 bits per heavy atom. The molecule has 0 atom stereocenters. The second-order valence-corrected chi connectivity index (χ2v) is 9.43. The number of carbonyl (C=O) groups is 2. The minimum absolute atomic E-state index is 0.296. The van der Waals surface area contributed by atoms with Gasteiger partial charge < -0.3 is 28.6 Å². The molecule has 0 unspecified atom stereocenters. The Morgan fingerprint density at radius 1 is 0.714 bits per heavy atom. The molecule has 3 aromatic rings. The molecule has 222 valence electrons. The van der Waals surface area contributed by atoms with Crippen molar-refractivity contribution in [3.05, 3.63) is 102 Å². The minimum atomic E-state index is -0.434. The fourth-order valence-electron chi connectivity index (χ4n) is 4.26. The van der Waals surface area contributed by atoms with E-state index in [1.165, 1.54) is 27.4 Å². The average molecular weight is 574 g/mol. The van der Waals surface area contributed by atoms with Crippen molar-refractivity contribution in [2.45, 2.75) is 12.8 Å². The van der Waals surface area contributed by atoms with E-state index in [0.717, 1.165) is 29.8 Å². The zero-order valence-corrected chi connectivity index (χ0v) is 24.7. The highest BCUT2D eigenvalue weighted by Gasteiger charge is 2.12. The van der Waals surface area contributed by atoms with Gasteiger partial charge in [0.1, 0.15) is 0 Å². The fraction of sp³-hybridized carbons (Fsp3) is 0.294. The van der Waals surface area contributed by atoms with E-state index in [2.05, 4.69) is 4.90 Å². The number of nitrogens with zero attached hydrogens (tertiary/aromatic N) is 1. The van der Waals surface area contributed by atoms with Gasteiger partial charge in [-0.05, 0) is 60.4 Å². The van der Waals surface area contributed by atoms with Crippen molar-refractivity contribution in [3.63, 3.8) is 0 Å². The molecule has 0 saturated carbocycles. The lowest BCUT2D eigenvalue weighted by Gasteiger charge is -2.16. The number of methoxy groups -OCH3 is 3. The minimum Gasteiger partial charge on any atom is -0.493 e. The highest BCUT2D eigenvalue weighted by atomic mass is 16.5. The molecule has 3 aromatic carbocycles. The Morgan fingerprint density at radius 3 is 1.69 bits per heavy atom. The summed E-state index contributed by atoms with van der Waals surface area (Å²) >= 11 is 0. The van der Waals surface area contributed by atoms with E-state index in [1.54, 1.807) is 24.3 Å².